The summed E-state index contributed by atoms with van der Waals surface area (Å²) in [7, 11) is 0. The van der Waals surface area contributed by atoms with Crippen molar-refractivity contribution in [3.05, 3.63) is 70.5 Å². The van der Waals surface area contributed by atoms with E-state index in [9.17, 15) is 9.18 Å². The van der Waals surface area contributed by atoms with Crippen molar-refractivity contribution in [3.8, 4) is 11.3 Å². The minimum Gasteiger partial charge on any atom is -0.360 e. The lowest BCUT2D eigenvalue weighted by Crippen LogP contribution is -2.26. The fourth-order valence-corrected chi connectivity index (χ4v) is 3.79. The third-order valence-corrected chi connectivity index (χ3v) is 5.29. The average Bonchev–Trinajstić information content (AvgIpc) is 3.24. The molecule has 0 radical (unpaired) electrons. The molecule has 6 nitrogen and oxygen atoms in total. The molecule has 2 aromatic carbocycles. The number of amides is 1. The van der Waals surface area contributed by atoms with Gasteiger partial charge in [0.15, 0.2) is 0 Å². The third kappa shape index (κ3) is 3.68. The van der Waals surface area contributed by atoms with Crippen LogP contribution in [0.15, 0.2) is 47.0 Å². The lowest BCUT2D eigenvalue weighted by atomic mass is 10.0. The normalized spacial score (nSPS) is 11.2. The van der Waals surface area contributed by atoms with Gasteiger partial charge < -0.3 is 14.4 Å². The molecule has 0 atom stereocenters. The number of aryl methyl sites for hydroxylation is 3. The number of carbonyl (C=O) groups excluding carboxylic acids is 1. The number of para-hydroxylation sites is 2. The predicted octanol–water partition coefficient (Wildman–Crippen LogP) is 4.92. The number of hydrogen-bond donors (Lipinski definition) is 1. The predicted molar refractivity (Wildman–Crippen MR) is 113 cm³/mol. The van der Waals surface area contributed by atoms with Crippen LogP contribution in [-0.4, -0.2) is 27.2 Å². The van der Waals surface area contributed by atoms with Crippen LogP contribution in [0.5, 0.6) is 0 Å². The van der Waals surface area contributed by atoms with Gasteiger partial charge >= 0.3 is 0 Å². The minimum absolute atomic E-state index is 0.0571. The fourth-order valence-electron chi connectivity index (χ4n) is 3.54. The number of benzene rings is 2. The van der Waals surface area contributed by atoms with E-state index in [2.05, 4.69) is 20.0 Å². The summed E-state index contributed by atoms with van der Waals surface area (Å²) in [5.41, 5.74) is 2.36. The molecule has 4 rings (SSSR count). The standard InChI is InChI=1S/C22H20ClFN4O2/c1-13-19(21(27-30-13)20-15(23)7-5-8-16(20)24)22(29)25-11-6-12-28-14(2)26-17-9-3-4-10-18(17)28/h3-5,7-10H,6,11-12H2,1-2H3,(H,25,29). The van der Waals surface area contributed by atoms with E-state index in [0.29, 0.717) is 25.3 Å². The number of imidazole rings is 1. The van der Waals surface area contributed by atoms with Crippen LogP contribution in [-0.2, 0) is 6.54 Å². The van der Waals surface area contributed by atoms with Gasteiger partial charge in [-0.2, -0.15) is 0 Å². The van der Waals surface area contributed by atoms with E-state index in [-0.39, 0.29) is 27.8 Å². The minimum atomic E-state index is -0.563. The highest BCUT2D eigenvalue weighted by Crippen LogP contribution is 2.33. The number of carbonyl (C=O) groups is 1. The van der Waals surface area contributed by atoms with E-state index in [4.69, 9.17) is 16.1 Å². The van der Waals surface area contributed by atoms with Crippen LogP contribution in [0.3, 0.4) is 0 Å². The van der Waals surface area contributed by atoms with Crippen molar-refractivity contribution in [3.63, 3.8) is 0 Å². The van der Waals surface area contributed by atoms with Crippen molar-refractivity contribution in [2.24, 2.45) is 0 Å². The number of aromatic nitrogens is 3. The maximum absolute atomic E-state index is 14.3. The Labute approximate surface area is 177 Å². The summed E-state index contributed by atoms with van der Waals surface area (Å²) in [5, 5.41) is 6.90. The molecule has 8 heteroatoms. The van der Waals surface area contributed by atoms with Gasteiger partial charge in [0, 0.05) is 13.1 Å². The molecule has 0 bridgehead atoms. The summed E-state index contributed by atoms with van der Waals surface area (Å²) >= 11 is 6.13. The zero-order chi connectivity index (χ0) is 21.3. The quantitative estimate of drug-likeness (QED) is 0.444. The zero-order valence-electron chi connectivity index (χ0n) is 16.6. The van der Waals surface area contributed by atoms with Crippen LogP contribution < -0.4 is 5.32 Å². The lowest BCUT2D eigenvalue weighted by Gasteiger charge is -2.09. The molecule has 2 aromatic heterocycles. The SMILES string of the molecule is Cc1onc(-c2c(F)cccc2Cl)c1C(=O)NCCCn1c(C)nc2ccccc21. The molecule has 0 aliphatic carbocycles. The first kappa shape index (κ1) is 20.1. The summed E-state index contributed by atoms with van der Waals surface area (Å²) < 4.78 is 21.6. The molecule has 1 N–H and O–H groups in total. The molecule has 0 aliphatic heterocycles. The maximum atomic E-state index is 14.3. The molecule has 1 amide bonds. The second-order valence-electron chi connectivity index (χ2n) is 6.97. The number of halogens is 2. The number of nitrogens with zero attached hydrogens (tertiary/aromatic N) is 3. The van der Waals surface area contributed by atoms with Gasteiger partial charge in [-0.25, -0.2) is 9.37 Å². The third-order valence-electron chi connectivity index (χ3n) is 4.98. The van der Waals surface area contributed by atoms with Crippen LogP contribution in [0.1, 0.15) is 28.4 Å². The van der Waals surface area contributed by atoms with Crippen LogP contribution >= 0.6 is 11.6 Å². The van der Waals surface area contributed by atoms with E-state index in [1.54, 1.807) is 13.0 Å². The highest BCUT2D eigenvalue weighted by molar-refractivity contribution is 6.33. The molecule has 30 heavy (non-hydrogen) atoms. The summed E-state index contributed by atoms with van der Waals surface area (Å²) in [5.74, 6) is 0.287. The van der Waals surface area contributed by atoms with Crippen molar-refractivity contribution in [1.29, 1.82) is 0 Å². The van der Waals surface area contributed by atoms with Crippen molar-refractivity contribution in [2.75, 3.05) is 6.54 Å². The van der Waals surface area contributed by atoms with Crippen molar-refractivity contribution in [1.82, 2.24) is 20.0 Å². The number of nitrogens with one attached hydrogen (secondary N) is 1. The van der Waals surface area contributed by atoms with Crippen LogP contribution in [0.2, 0.25) is 5.02 Å². The Hall–Kier alpha value is -3.19. The molecule has 0 spiro atoms. The Balaban J connectivity index is 1.46. The zero-order valence-corrected chi connectivity index (χ0v) is 17.3. The first-order valence-electron chi connectivity index (χ1n) is 9.58. The Morgan fingerprint density at radius 3 is 2.80 bits per heavy atom. The monoisotopic (exact) mass is 426 g/mol. The van der Waals surface area contributed by atoms with E-state index in [0.717, 1.165) is 16.9 Å². The summed E-state index contributed by atoms with van der Waals surface area (Å²) in [4.78, 5) is 17.3. The Morgan fingerprint density at radius 2 is 2.00 bits per heavy atom. The van der Waals surface area contributed by atoms with E-state index >= 15 is 0 Å². The number of hydrogen-bond acceptors (Lipinski definition) is 4. The summed E-state index contributed by atoms with van der Waals surface area (Å²) in [6.45, 7) is 4.71. The summed E-state index contributed by atoms with van der Waals surface area (Å²) in [6.07, 6.45) is 0.701. The Kier molecular flexibility index (Phi) is 5.55. The fraction of sp³-hybridized carbons (Fsp3) is 0.227. The first-order chi connectivity index (χ1) is 14.5. The van der Waals surface area contributed by atoms with Crippen molar-refractivity contribution in [2.45, 2.75) is 26.8 Å². The maximum Gasteiger partial charge on any atom is 0.257 e. The highest BCUT2D eigenvalue weighted by atomic mass is 35.5. The Bertz CT molecular complexity index is 1210. The molecule has 154 valence electrons. The number of rotatable bonds is 6. The average molecular weight is 427 g/mol. The molecule has 0 saturated carbocycles. The molecular formula is C22H20ClFN4O2. The van der Waals surface area contributed by atoms with Gasteiger partial charge in [-0.3, -0.25) is 4.79 Å². The van der Waals surface area contributed by atoms with Gasteiger partial charge in [-0.15, -0.1) is 0 Å². The van der Waals surface area contributed by atoms with Gasteiger partial charge in [0.05, 0.1) is 21.6 Å². The van der Waals surface area contributed by atoms with Gasteiger partial charge in [0.1, 0.15) is 28.7 Å². The molecule has 0 aliphatic rings. The van der Waals surface area contributed by atoms with Crippen LogP contribution in [0, 0.1) is 19.7 Å². The van der Waals surface area contributed by atoms with Gasteiger partial charge in [0.2, 0.25) is 0 Å². The second kappa shape index (κ2) is 8.28. The van der Waals surface area contributed by atoms with E-state index in [1.165, 1.54) is 12.1 Å². The topological polar surface area (TPSA) is 73.0 Å². The molecule has 0 saturated heterocycles. The molecule has 0 fully saturated rings. The largest absolute Gasteiger partial charge is 0.360 e. The molecular weight excluding hydrogens is 407 g/mol. The van der Waals surface area contributed by atoms with E-state index in [1.807, 2.05) is 31.2 Å². The van der Waals surface area contributed by atoms with Crippen LogP contribution in [0.4, 0.5) is 4.39 Å². The van der Waals surface area contributed by atoms with Crippen molar-refractivity contribution < 1.29 is 13.7 Å². The molecule has 2 heterocycles. The van der Waals surface area contributed by atoms with Crippen LogP contribution in [0.25, 0.3) is 22.3 Å². The van der Waals surface area contributed by atoms with Crippen molar-refractivity contribution >= 4 is 28.5 Å². The van der Waals surface area contributed by atoms with Gasteiger partial charge in [-0.1, -0.05) is 35.0 Å². The van der Waals surface area contributed by atoms with Gasteiger partial charge in [-0.05, 0) is 44.5 Å². The molecule has 4 aromatic rings. The molecule has 0 unspecified atom stereocenters. The van der Waals surface area contributed by atoms with E-state index < -0.39 is 5.82 Å². The number of fused-ring (bicyclic) bond motifs is 1. The summed E-state index contributed by atoms with van der Waals surface area (Å²) in [6, 6.07) is 12.2. The Morgan fingerprint density at radius 1 is 1.20 bits per heavy atom. The first-order valence-corrected chi connectivity index (χ1v) is 9.96. The second-order valence-corrected chi connectivity index (χ2v) is 7.38. The lowest BCUT2D eigenvalue weighted by molar-refractivity contribution is 0.0952. The van der Waals surface area contributed by atoms with Gasteiger partial charge in [0.25, 0.3) is 5.91 Å². The smallest absolute Gasteiger partial charge is 0.257 e. The highest BCUT2D eigenvalue weighted by Gasteiger charge is 2.25.